The largest absolute Gasteiger partial charge is 0.497 e. The topological polar surface area (TPSA) is 76.2 Å². The van der Waals surface area contributed by atoms with Crippen LogP contribution in [0.2, 0.25) is 0 Å². The van der Waals surface area contributed by atoms with Gasteiger partial charge in [0.05, 0.1) is 12.7 Å². The first-order chi connectivity index (χ1) is 14.4. The summed E-state index contributed by atoms with van der Waals surface area (Å²) in [6.45, 7) is 5.86. The first kappa shape index (κ1) is 22.1. The highest BCUT2D eigenvalue weighted by atomic mass is 16.5. The number of piperidine rings is 2. The molecule has 0 bridgehead atoms. The number of rotatable bonds is 6. The van der Waals surface area contributed by atoms with Crippen LogP contribution in [0.4, 0.5) is 0 Å². The van der Waals surface area contributed by atoms with Crippen molar-refractivity contribution in [3.8, 4) is 11.5 Å². The average molecular weight is 417 g/mol. The normalized spacial score (nSPS) is 20.0. The molecule has 2 saturated heterocycles. The van der Waals surface area contributed by atoms with Crippen LogP contribution in [0.5, 0.6) is 11.5 Å². The predicted molar refractivity (Wildman–Crippen MR) is 113 cm³/mol. The summed E-state index contributed by atoms with van der Waals surface area (Å²) in [5.74, 6) is 1.21. The highest BCUT2D eigenvalue weighted by Crippen LogP contribution is 2.30. The molecule has 164 valence electrons. The predicted octanol–water partition coefficient (Wildman–Crippen LogP) is 2.92. The van der Waals surface area contributed by atoms with E-state index in [0.717, 1.165) is 25.7 Å². The molecule has 0 radical (unpaired) electrons. The van der Waals surface area contributed by atoms with Crippen molar-refractivity contribution in [2.45, 2.75) is 52.1 Å². The van der Waals surface area contributed by atoms with Crippen LogP contribution >= 0.6 is 0 Å². The minimum Gasteiger partial charge on any atom is -0.497 e. The van der Waals surface area contributed by atoms with Crippen molar-refractivity contribution in [2.24, 2.45) is 5.92 Å². The van der Waals surface area contributed by atoms with E-state index in [2.05, 4.69) is 0 Å². The first-order valence-electron chi connectivity index (χ1n) is 10.8. The van der Waals surface area contributed by atoms with Gasteiger partial charge < -0.3 is 19.3 Å². The molecular formula is C23H32N2O5. The van der Waals surface area contributed by atoms with E-state index in [9.17, 15) is 14.4 Å². The number of benzene rings is 1. The number of likely N-dealkylation sites (tertiary alicyclic amines) is 2. The zero-order valence-corrected chi connectivity index (χ0v) is 18.2. The monoisotopic (exact) mass is 416 g/mol. The number of Topliss-reactive ketones (excluding diaryl/α,β-unsaturated/α-hetero) is 1. The number of hydrogen-bond acceptors (Lipinski definition) is 5. The Morgan fingerprint density at radius 2 is 1.80 bits per heavy atom. The molecule has 3 rings (SSSR count). The highest BCUT2D eigenvalue weighted by molar-refractivity contribution is 5.98. The van der Waals surface area contributed by atoms with E-state index in [1.807, 2.05) is 11.8 Å². The third-order valence-electron chi connectivity index (χ3n) is 6.11. The zero-order valence-electron chi connectivity index (χ0n) is 18.2. The standard InChI is InChI=1S/C23H32N2O5/c1-4-21(27)17-6-5-11-25(15-17)23(28)20-14-19(29-3)7-8-22(20)30-18-9-12-24(13-10-18)16(2)26/h7-8,14,17-18H,4-6,9-13,15H2,1-3H3. The molecule has 0 N–H and O–H groups in total. The third kappa shape index (κ3) is 5.12. The Morgan fingerprint density at radius 1 is 1.07 bits per heavy atom. The van der Waals surface area contributed by atoms with Gasteiger partial charge in [-0.3, -0.25) is 14.4 Å². The fourth-order valence-corrected chi connectivity index (χ4v) is 4.26. The number of nitrogens with zero attached hydrogens (tertiary/aromatic N) is 2. The summed E-state index contributed by atoms with van der Waals surface area (Å²) < 4.78 is 11.5. The summed E-state index contributed by atoms with van der Waals surface area (Å²) in [5, 5.41) is 0. The minimum absolute atomic E-state index is 0.0451. The van der Waals surface area contributed by atoms with Crippen molar-refractivity contribution < 1.29 is 23.9 Å². The molecule has 2 aliphatic heterocycles. The Kier molecular flexibility index (Phi) is 7.34. The zero-order chi connectivity index (χ0) is 21.7. The lowest BCUT2D eigenvalue weighted by Gasteiger charge is -2.34. The number of carbonyl (C=O) groups excluding carboxylic acids is 3. The van der Waals surface area contributed by atoms with Gasteiger partial charge in [0, 0.05) is 58.3 Å². The second-order valence-corrected chi connectivity index (χ2v) is 8.10. The second-order valence-electron chi connectivity index (χ2n) is 8.10. The summed E-state index contributed by atoms with van der Waals surface area (Å²) in [4.78, 5) is 40.6. The third-order valence-corrected chi connectivity index (χ3v) is 6.11. The van der Waals surface area contributed by atoms with Crippen LogP contribution < -0.4 is 9.47 Å². The summed E-state index contributed by atoms with van der Waals surface area (Å²) in [6.07, 6.45) is 3.58. The van der Waals surface area contributed by atoms with Gasteiger partial charge in [-0.15, -0.1) is 0 Å². The van der Waals surface area contributed by atoms with Crippen LogP contribution in [0.3, 0.4) is 0 Å². The maximum absolute atomic E-state index is 13.4. The molecule has 1 unspecified atom stereocenters. The average Bonchev–Trinajstić information content (AvgIpc) is 2.78. The van der Waals surface area contributed by atoms with Crippen LogP contribution in [0, 0.1) is 5.92 Å². The van der Waals surface area contributed by atoms with Crippen molar-refractivity contribution in [1.29, 1.82) is 0 Å². The van der Waals surface area contributed by atoms with Gasteiger partial charge in [-0.25, -0.2) is 0 Å². The molecule has 0 aliphatic carbocycles. The van der Waals surface area contributed by atoms with Crippen molar-refractivity contribution in [3.63, 3.8) is 0 Å². The molecule has 0 saturated carbocycles. The van der Waals surface area contributed by atoms with Gasteiger partial charge in [0.25, 0.3) is 5.91 Å². The number of carbonyl (C=O) groups is 3. The van der Waals surface area contributed by atoms with E-state index in [1.165, 1.54) is 0 Å². The summed E-state index contributed by atoms with van der Waals surface area (Å²) in [7, 11) is 1.57. The molecule has 0 spiro atoms. The summed E-state index contributed by atoms with van der Waals surface area (Å²) in [5.41, 5.74) is 0.466. The van der Waals surface area contributed by atoms with Crippen molar-refractivity contribution in [2.75, 3.05) is 33.3 Å². The number of ether oxygens (including phenoxy) is 2. The molecule has 1 aromatic carbocycles. The van der Waals surface area contributed by atoms with Crippen LogP contribution in [0.25, 0.3) is 0 Å². The van der Waals surface area contributed by atoms with Gasteiger partial charge in [0.1, 0.15) is 23.4 Å². The van der Waals surface area contributed by atoms with E-state index in [1.54, 1.807) is 37.1 Å². The lowest BCUT2D eigenvalue weighted by Crippen LogP contribution is -2.43. The quantitative estimate of drug-likeness (QED) is 0.713. The van der Waals surface area contributed by atoms with E-state index in [0.29, 0.717) is 49.7 Å². The minimum atomic E-state index is -0.126. The molecule has 0 aromatic heterocycles. The first-order valence-corrected chi connectivity index (χ1v) is 10.8. The maximum Gasteiger partial charge on any atom is 0.257 e. The Bertz CT molecular complexity index is 786. The molecule has 2 heterocycles. The maximum atomic E-state index is 13.4. The lowest BCUT2D eigenvalue weighted by molar-refractivity contribution is -0.130. The van der Waals surface area contributed by atoms with Gasteiger partial charge in [-0.2, -0.15) is 0 Å². The Balaban J connectivity index is 1.75. The summed E-state index contributed by atoms with van der Waals surface area (Å²) in [6, 6.07) is 5.28. The fourth-order valence-electron chi connectivity index (χ4n) is 4.26. The molecule has 1 aromatic rings. The Labute approximate surface area is 178 Å². The second kappa shape index (κ2) is 9.96. The van der Waals surface area contributed by atoms with E-state index in [-0.39, 0.29) is 29.6 Å². The van der Waals surface area contributed by atoms with Crippen LogP contribution in [0.15, 0.2) is 18.2 Å². The van der Waals surface area contributed by atoms with E-state index >= 15 is 0 Å². The van der Waals surface area contributed by atoms with Crippen LogP contribution in [-0.4, -0.2) is 66.8 Å². The van der Waals surface area contributed by atoms with Gasteiger partial charge in [0.2, 0.25) is 5.91 Å². The molecule has 2 fully saturated rings. The fraction of sp³-hybridized carbons (Fsp3) is 0.609. The smallest absolute Gasteiger partial charge is 0.257 e. The molecule has 7 nitrogen and oxygen atoms in total. The van der Waals surface area contributed by atoms with Crippen LogP contribution in [-0.2, 0) is 9.59 Å². The molecule has 1 atom stereocenters. The molecule has 2 amide bonds. The van der Waals surface area contributed by atoms with Crippen molar-refractivity contribution >= 4 is 17.6 Å². The van der Waals surface area contributed by atoms with Gasteiger partial charge in [-0.1, -0.05) is 6.92 Å². The van der Waals surface area contributed by atoms with Gasteiger partial charge >= 0.3 is 0 Å². The van der Waals surface area contributed by atoms with Crippen molar-refractivity contribution in [3.05, 3.63) is 23.8 Å². The van der Waals surface area contributed by atoms with E-state index < -0.39 is 0 Å². The number of ketones is 1. The Hall–Kier alpha value is -2.57. The number of hydrogen-bond donors (Lipinski definition) is 0. The Morgan fingerprint density at radius 3 is 2.43 bits per heavy atom. The van der Waals surface area contributed by atoms with Gasteiger partial charge in [-0.05, 0) is 31.0 Å². The number of methoxy groups -OCH3 is 1. The molecule has 7 heteroatoms. The van der Waals surface area contributed by atoms with E-state index in [4.69, 9.17) is 9.47 Å². The molecule has 30 heavy (non-hydrogen) atoms. The molecular weight excluding hydrogens is 384 g/mol. The number of amides is 2. The molecule has 2 aliphatic rings. The van der Waals surface area contributed by atoms with Crippen molar-refractivity contribution in [1.82, 2.24) is 9.80 Å². The highest BCUT2D eigenvalue weighted by Gasteiger charge is 2.30. The summed E-state index contributed by atoms with van der Waals surface area (Å²) >= 11 is 0. The SMILES string of the molecule is CCC(=O)C1CCCN(C(=O)c2cc(OC)ccc2OC2CCN(C(C)=O)CC2)C1. The van der Waals surface area contributed by atoms with Crippen LogP contribution in [0.1, 0.15) is 56.3 Å². The van der Waals surface area contributed by atoms with Gasteiger partial charge in [0.15, 0.2) is 0 Å². The lowest BCUT2D eigenvalue weighted by atomic mass is 9.92.